The Morgan fingerprint density at radius 1 is 1.62 bits per heavy atom. The van der Waals surface area contributed by atoms with Gasteiger partial charge in [-0.15, -0.1) is 0 Å². The Kier molecular flexibility index (Phi) is 3.96. The summed E-state index contributed by atoms with van der Waals surface area (Å²) in [7, 11) is 0. The van der Waals surface area contributed by atoms with E-state index < -0.39 is 0 Å². The lowest BCUT2D eigenvalue weighted by Crippen LogP contribution is -2.34. The molecule has 4 nitrogen and oxygen atoms in total. The normalized spacial score (nSPS) is 17.9. The van der Waals surface area contributed by atoms with E-state index in [1.165, 1.54) is 19.4 Å². The zero-order chi connectivity index (χ0) is 11.4. The molecule has 0 amide bonds. The van der Waals surface area contributed by atoms with E-state index >= 15 is 0 Å². The third kappa shape index (κ3) is 3.06. The van der Waals surface area contributed by atoms with Gasteiger partial charge in [0.25, 0.3) is 0 Å². The standard InChI is InChI=1S/C12H22N4/c1-3-16(11-4-5-11)9-8-13-10(2)12-6-7-14-15-12/h6-7,10-11,13H,3-5,8-9H2,1-2H3,(H,14,15). The van der Waals surface area contributed by atoms with Crippen molar-refractivity contribution < 1.29 is 0 Å². The lowest BCUT2D eigenvalue weighted by Gasteiger charge is -2.21. The number of aromatic amines is 1. The van der Waals surface area contributed by atoms with Crippen LogP contribution < -0.4 is 5.32 Å². The smallest absolute Gasteiger partial charge is 0.0518 e. The molecule has 0 bridgehead atoms. The molecule has 1 aromatic rings. The summed E-state index contributed by atoms with van der Waals surface area (Å²) in [5.41, 5.74) is 1.16. The van der Waals surface area contributed by atoms with E-state index in [2.05, 4.69) is 34.3 Å². The summed E-state index contributed by atoms with van der Waals surface area (Å²) in [5.74, 6) is 0. The van der Waals surface area contributed by atoms with Crippen molar-refractivity contribution in [3.63, 3.8) is 0 Å². The number of nitrogens with one attached hydrogen (secondary N) is 2. The molecule has 1 aliphatic rings. The largest absolute Gasteiger partial charge is 0.308 e. The number of H-pyrrole nitrogens is 1. The minimum absolute atomic E-state index is 0.361. The lowest BCUT2D eigenvalue weighted by molar-refractivity contribution is 0.273. The molecule has 2 rings (SSSR count). The maximum atomic E-state index is 3.97. The molecule has 2 N–H and O–H groups in total. The third-order valence-corrected chi connectivity index (χ3v) is 3.31. The van der Waals surface area contributed by atoms with E-state index in [1.54, 1.807) is 6.20 Å². The molecule has 0 aromatic carbocycles. The molecule has 1 saturated carbocycles. The van der Waals surface area contributed by atoms with Gasteiger partial charge in [0.05, 0.1) is 5.69 Å². The van der Waals surface area contributed by atoms with Crippen molar-refractivity contribution in [2.24, 2.45) is 0 Å². The average molecular weight is 222 g/mol. The zero-order valence-corrected chi connectivity index (χ0v) is 10.2. The average Bonchev–Trinajstić information content (AvgIpc) is 2.97. The summed E-state index contributed by atoms with van der Waals surface area (Å²) in [6, 6.07) is 3.26. The minimum Gasteiger partial charge on any atom is -0.308 e. The SMILES string of the molecule is CCN(CCNC(C)c1ccn[nH]1)C1CC1. The molecule has 4 heteroatoms. The molecule has 0 radical (unpaired) electrons. The van der Waals surface area contributed by atoms with Crippen LogP contribution in [0.25, 0.3) is 0 Å². The second kappa shape index (κ2) is 5.46. The highest BCUT2D eigenvalue weighted by molar-refractivity contribution is 5.02. The first-order chi connectivity index (χ1) is 7.81. The van der Waals surface area contributed by atoms with Gasteiger partial charge in [0, 0.05) is 31.4 Å². The Morgan fingerprint density at radius 3 is 3.00 bits per heavy atom. The maximum absolute atomic E-state index is 3.97. The summed E-state index contributed by atoms with van der Waals surface area (Å²) in [5, 5.41) is 10.5. The fourth-order valence-electron chi connectivity index (χ4n) is 2.08. The molecular weight excluding hydrogens is 200 g/mol. The Bertz CT molecular complexity index is 292. The molecule has 0 spiro atoms. The first-order valence-corrected chi connectivity index (χ1v) is 6.28. The number of likely N-dealkylation sites (N-methyl/N-ethyl adjacent to an activating group) is 1. The highest BCUT2D eigenvalue weighted by Gasteiger charge is 2.27. The fraction of sp³-hybridized carbons (Fsp3) is 0.750. The molecule has 16 heavy (non-hydrogen) atoms. The van der Waals surface area contributed by atoms with Gasteiger partial charge < -0.3 is 5.32 Å². The van der Waals surface area contributed by atoms with Crippen molar-refractivity contribution in [2.75, 3.05) is 19.6 Å². The van der Waals surface area contributed by atoms with Crippen molar-refractivity contribution in [3.05, 3.63) is 18.0 Å². The van der Waals surface area contributed by atoms with E-state index in [0.717, 1.165) is 24.8 Å². The van der Waals surface area contributed by atoms with Gasteiger partial charge >= 0.3 is 0 Å². The van der Waals surface area contributed by atoms with Crippen molar-refractivity contribution in [1.82, 2.24) is 20.4 Å². The van der Waals surface area contributed by atoms with Gasteiger partial charge in [-0.2, -0.15) is 5.10 Å². The second-order valence-corrected chi connectivity index (χ2v) is 4.55. The second-order valence-electron chi connectivity index (χ2n) is 4.55. The quantitative estimate of drug-likeness (QED) is 0.735. The molecular formula is C12H22N4. The van der Waals surface area contributed by atoms with Gasteiger partial charge in [-0.25, -0.2) is 0 Å². The number of hydrogen-bond donors (Lipinski definition) is 2. The Morgan fingerprint density at radius 2 is 2.44 bits per heavy atom. The summed E-state index contributed by atoms with van der Waals surface area (Å²) in [6.45, 7) is 7.78. The first kappa shape index (κ1) is 11.6. The molecule has 1 fully saturated rings. The van der Waals surface area contributed by atoms with Crippen LogP contribution in [0.3, 0.4) is 0 Å². The molecule has 0 saturated heterocycles. The van der Waals surface area contributed by atoms with E-state index in [1.807, 2.05) is 6.07 Å². The number of rotatable bonds is 7. The number of hydrogen-bond acceptors (Lipinski definition) is 3. The van der Waals surface area contributed by atoms with Crippen LogP contribution in [0.2, 0.25) is 0 Å². The summed E-state index contributed by atoms with van der Waals surface area (Å²) in [4.78, 5) is 2.56. The highest BCUT2D eigenvalue weighted by Crippen LogP contribution is 2.25. The molecule has 1 aliphatic carbocycles. The van der Waals surface area contributed by atoms with Gasteiger partial charge in [0.15, 0.2) is 0 Å². The van der Waals surface area contributed by atoms with Gasteiger partial charge in [-0.3, -0.25) is 10.00 Å². The molecule has 1 aromatic heterocycles. The fourth-order valence-corrected chi connectivity index (χ4v) is 2.08. The molecule has 1 unspecified atom stereocenters. The van der Waals surface area contributed by atoms with Gasteiger partial charge in [0.2, 0.25) is 0 Å². The Labute approximate surface area is 97.4 Å². The summed E-state index contributed by atoms with van der Waals surface area (Å²) in [6.07, 6.45) is 4.59. The van der Waals surface area contributed by atoms with Gasteiger partial charge in [-0.05, 0) is 32.4 Å². The van der Waals surface area contributed by atoms with Crippen LogP contribution in [0.15, 0.2) is 12.3 Å². The molecule has 90 valence electrons. The minimum atomic E-state index is 0.361. The van der Waals surface area contributed by atoms with E-state index in [4.69, 9.17) is 0 Å². The van der Waals surface area contributed by atoms with Crippen molar-refractivity contribution in [1.29, 1.82) is 0 Å². The topological polar surface area (TPSA) is 44.0 Å². The monoisotopic (exact) mass is 222 g/mol. The van der Waals surface area contributed by atoms with Crippen LogP contribution in [0, 0.1) is 0 Å². The molecule has 1 atom stereocenters. The Hall–Kier alpha value is -0.870. The summed E-state index contributed by atoms with van der Waals surface area (Å²) >= 11 is 0. The van der Waals surface area contributed by atoms with Crippen LogP contribution in [0.1, 0.15) is 38.4 Å². The van der Waals surface area contributed by atoms with E-state index in [-0.39, 0.29) is 0 Å². The predicted molar refractivity (Wildman–Crippen MR) is 65.3 cm³/mol. The van der Waals surface area contributed by atoms with E-state index in [0.29, 0.717) is 6.04 Å². The van der Waals surface area contributed by atoms with E-state index in [9.17, 15) is 0 Å². The van der Waals surface area contributed by atoms with Crippen LogP contribution >= 0.6 is 0 Å². The predicted octanol–water partition coefficient (Wildman–Crippen LogP) is 1.54. The third-order valence-electron chi connectivity index (χ3n) is 3.31. The summed E-state index contributed by atoms with van der Waals surface area (Å²) < 4.78 is 0. The zero-order valence-electron chi connectivity index (χ0n) is 10.2. The maximum Gasteiger partial charge on any atom is 0.0518 e. The first-order valence-electron chi connectivity index (χ1n) is 6.28. The Balaban J connectivity index is 1.67. The number of aromatic nitrogens is 2. The number of nitrogens with zero attached hydrogens (tertiary/aromatic N) is 2. The van der Waals surface area contributed by atoms with Crippen molar-refractivity contribution in [3.8, 4) is 0 Å². The van der Waals surface area contributed by atoms with Crippen molar-refractivity contribution >= 4 is 0 Å². The molecule has 1 heterocycles. The van der Waals surface area contributed by atoms with Gasteiger partial charge in [0.1, 0.15) is 0 Å². The van der Waals surface area contributed by atoms with Gasteiger partial charge in [-0.1, -0.05) is 6.92 Å². The van der Waals surface area contributed by atoms with Crippen LogP contribution in [-0.2, 0) is 0 Å². The molecule has 0 aliphatic heterocycles. The van der Waals surface area contributed by atoms with Crippen LogP contribution in [-0.4, -0.2) is 40.8 Å². The van der Waals surface area contributed by atoms with Crippen LogP contribution in [0.5, 0.6) is 0 Å². The van der Waals surface area contributed by atoms with Crippen molar-refractivity contribution in [2.45, 2.75) is 38.8 Å². The van der Waals surface area contributed by atoms with Crippen LogP contribution in [0.4, 0.5) is 0 Å². The lowest BCUT2D eigenvalue weighted by atomic mass is 10.2. The highest BCUT2D eigenvalue weighted by atomic mass is 15.2.